The Kier molecular flexibility index (Phi) is 3.87. The Balaban J connectivity index is 1.76. The molecule has 0 amide bonds. The third-order valence-electron chi connectivity index (χ3n) is 3.33. The largest absolute Gasteiger partial charge is 0.497 e. The van der Waals surface area contributed by atoms with Gasteiger partial charge in [-0.1, -0.05) is 24.3 Å². The van der Waals surface area contributed by atoms with E-state index < -0.39 is 0 Å². The van der Waals surface area contributed by atoms with Crippen LogP contribution in [0.25, 0.3) is 5.69 Å². The van der Waals surface area contributed by atoms with Crippen LogP contribution in [0.15, 0.2) is 67.3 Å². The van der Waals surface area contributed by atoms with E-state index in [1.165, 1.54) is 5.56 Å². The van der Waals surface area contributed by atoms with Gasteiger partial charge in [0, 0.05) is 18.9 Å². The number of nitrogens with zero attached hydrogens (tertiary/aromatic N) is 2. The molecule has 1 aromatic heterocycles. The Bertz CT molecular complexity index is 690. The van der Waals surface area contributed by atoms with Crippen LogP contribution in [0.4, 0.5) is 5.69 Å². The van der Waals surface area contributed by atoms with E-state index in [1.54, 1.807) is 19.6 Å². The third-order valence-corrected chi connectivity index (χ3v) is 3.33. The van der Waals surface area contributed by atoms with Crippen molar-refractivity contribution in [3.8, 4) is 11.4 Å². The molecular formula is C17H17N3O. The Morgan fingerprint density at radius 3 is 2.62 bits per heavy atom. The lowest BCUT2D eigenvalue weighted by Gasteiger charge is -2.12. The molecule has 0 aliphatic heterocycles. The van der Waals surface area contributed by atoms with Crippen LogP contribution < -0.4 is 10.1 Å². The van der Waals surface area contributed by atoms with Crippen molar-refractivity contribution in [1.29, 1.82) is 0 Å². The summed E-state index contributed by atoms with van der Waals surface area (Å²) in [5.41, 5.74) is 3.37. The highest BCUT2D eigenvalue weighted by molar-refractivity contribution is 5.61. The molecule has 0 radical (unpaired) electrons. The van der Waals surface area contributed by atoms with Crippen molar-refractivity contribution in [3.05, 3.63) is 72.8 Å². The Labute approximate surface area is 124 Å². The fourth-order valence-corrected chi connectivity index (χ4v) is 2.19. The van der Waals surface area contributed by atoms with Crippen LogP contribution in [0.3, 0.4) is 0 Å². The second-order valence-electron chi connectivity index (χ2n) is 4.69. The first kappa shape index (κ1) is 13.2. The highest BCUT2D eigenvalue weighted by Crippen LogP contribution is 2.20. The average Bonchev–Trinajstić information content (AvgIpc) is 3.08. The quantitative estimate of drug-likeness (QED) is 0.777. The summed E-state index contributed by atoms with van der Waals surface area (Å²) in [7, 11) is 1.68. The minimum absolute atomic E-state index is 0.760. The normalized spacial score (nSPS) is 10.3. The SMILES string of the molecule is COc1ccc(CNc2ccccc2-n2ccnc2)cc1. The summed E-state index contributed by atoms with van der Waals surface area (Å²) in [6.07, 6.45) is 5.52. The lowest BCUT2D eigenvalue weighted by Crippen LogP contribution is -2.03. The highest BCUT2D eigenvalue weighted by Gasteiger charge is 2.03. The average molecular weight is 279 g/mol. The number of rotatable bonds is 5. The van der Waals surface area contributed by atoms with E-state index in [1.807, 2.05) is 35.0 Å². The summed E-state index contributed by atoms with van der Waals surface area (Å²) in [5, 5.41) is 3.47. The lowest BCUT2D eigenvalue weighted by molar-refractivity contribution is 0.414. The number of benzene rings is 2. The molecule has 4 nitrogen and oxygen atoms in total. The van der Waals surface area contributed by atoms with Crippen LogP contribution in [0.2, 0.25) is 0 Å². The van der Waals surface area contributed by atoms with Gasteiger partial charge in [0.25, 0.3) is 0 Å². The van der Waals surface area contributed by atoms with E-state index in [2.05, 4.69) is 34.6 Å². The topological polar surface area (TPSA) is 39.1 Å². The lowest BCUT2D eigenvalue weighted by atomic mass is 10.2. The monoisotopic (exact) mass is 279 g/mol. The fraction of sp³-hybridized carbons (Fsp3) is 0.118. The molecule has 0 saturated carbocycles. The van der Waals surface area contributed by atoms with Gasteiger partial charge in [0.1, 0.15) is 5.75 Å². The number of para-hydroxylation sites is 2. The minimum atomic E-state index is 0.760. The van der Waals surface area contributed by atoms with Gasteiger partial charge in [-0.2, -0.15) is 0 Å². The molecule has 1 heterocycles. The Hall–Kier alpha value is -2.75. The summed E-state index contributed by atoms with van der Waals surface area (Å²) in [6.45, 7) is 0.760. The molecule has 21 heavy (non-hydrogen) atoms. The van der Waals surface area contributed by atoms with Gasteiger partial charge in [-0.25, -0.2) is 4.98 Å². The van der Waals surface area contributed by atoms with Crippen LogP contribution in [-0.4, -0.2) is 16.7 Å². The standard InChI is InChI=1S/C17H17N3O/c1-21-15-8-6-14(7-9-15)12-19-16-4-2-3-5-17(16)20-11-10-18-13-20/h2-11,13,19H,12H2,1H3. The Morgan fingerprint density at radius 2 is 1.90 bits per heavy atom. The van der Waals surface area contributed by atoms with Gasteiger partial charge in [0.15, 0.2) is 0 Å². The van der Waals surface area contributed by atoms with Crippen molar-refractivity contribution < 1.29 is 4.74 Å². The molecule has 0 fully saturated rings. The number of imidazole rings is 1. The van der Waals surface area contributed by atoms with Gasteiger partial charge >= 0.3 is 0 Å². The molecule has 0 aliphatic rings. The summed E-state index contributed by atoms with van der Waals surface area (Å²) >= 11 is 0. The second-order valence-corrected chi connectivity index (χ2v) is 4.69. The molecule has 1 N–H and O–H groups in total. The third kappa shape index (κ3) is 3.05. The molecule has 0 saturated heterocycles. The predicted octanol–water partition coefficient (Wildman–Crippen LogP) is 3.49. The van der Waals surface area contributed by atoms with Crippen LogP contribution in [0.1, 0.15) is 5.56 Å². The van der Waals surface area contributed by atoms with E-state index in [0.29, 0.717) is 0 Å². The maximum atomic E-state index is 5.17. The van der Waals surface area contributed by atoms with E-state index in [9.17, 15) is 0 Å². The van der Waals surface area contributed by atoms with E-state index >= 15 is 0 Å². The summed E-state index contributed by atoms with van der Waals surface area (Å²) in [4.78, 5) is 4.10. The van der Waals surface area contributed by atoms with Gasteiger partial charge in [-0.15, -0.1) is 0 Å². The van der Waals surface area contributed by atoms with Crippen molar-refractivity contribution in [2.24, 2.45) is 0 Å². The van der Waals surface area contributed by atoms with Crippen molar-refractivity contribution in [2.45, 2.75) is 6.54 Å². The number of hydrogen-bond acceptors (Lipinski definition) is 3. The van der Waals surface area contributed by atoms with Gasteiger partial charge in [0.2, 0.25) is 0 Å². The van der Waals surface area contributed by atoms with Crippen molar-refractivity contribution in [2.75, 3.05) is 12.4 Å². The minimum Gasteiger partial charge on any atom is -0.497 e. The molecule has 2 aromatic carbocycles. The zero-order valence-corrected chi connectivity index (χ0v) is 11.9. The smallest absolute Gasteiger partial charge is 0.118 e. The number of hydrogen-bond donors (Lipinski definition) is 1. The van der Waals surface area contributed by atoms with Crippen LogP contribution >= 0.6 is 0 Å². The van der Waals surface area contributed by atoms with E-state index in [0.717, 1.165) is 23.7 Å². The summed E-state index contributed by atoms with van der Waals surface area (Å²) < 4.78 is 7.17. The molecular weight excluding hydrogens is 262 g/mol. The summed E-state index contributed by atoms with van der Waals surface area (Å²) in [6, 6.07) is 16.2. The first-order valence-corrected chi connectivity index (χ1v) is 6.81. The number of aromatic nitrogens is 2. The van der Waals surface area contributed by atoms with E-state index in [4.69, 9.17) is 4.74 Å². The number of methoxy groups -OCH3 is 1. The van der Waals surface area contributed by atoms with Crippen LogP contribution in [-0.2, 0) is 6.54 Å². The highest BCUT2D eigenvalue weighted by atomic mass is 16.5. The number of ether oxygens (including phenoxy) is 1. The molecule has 0 spiro atoms. The van der Waals surface area contributed by atoms with Crippen LogP contribution in [0, 0.1) is 0 Å². The predicted molar refractivity (Wildman–Crippen MR) is 83.9 cm³/mol. The number of nitrogens with one attached hydrogen (secondary N) is 1. The molecule has 0 aliphatic carbocycles. The van der Waals surface area contributed by atoms with Crippen LogP contribution in [0.5, 0.6) is 5.75 Å². The Morgan fingerprint density at radius 1 is 1.10 bits per heavy atom. The van der Waals surface area contributed by atoms with Crippen molar-refractivity contribution in [1.82, 2.24) is 9.55 Å². The maximum Gasteiger partial charge on any atom is 0.118 e. The molecule has 3 aromatic rings. The van der Waals surface area contributed by atoms with Gasteiger partial charge in [-0.05, 0) is 29.8 Å². The molecule has 3 rings (SSSR count). The van der Waals surface area contributed by atoms with Gasteiger partial charge < -0.3 is 14.6 Å². The first-order valence-electron chi connectivity index (χ1n) is 6.81. The van der Waals surface area contributed by atoms with Crippen molar-refractivity contribution in [3.63, 3.8) is 0 Å². The van der Waals surface area contributed by atoms with Gasteiger partial charge in [0.05, 0.1) is 24.8 Å². The zero-order chi connectivity index (χ0) is 14.5. The molecule has 4 heteroatoms. The second kappa shape index (κ2) is 6.13. The maximum absolute atomic E-state index is 5.17. The fourth-order valence-electron chi connectivity index (χ4n) is 2.19. The molecule has 0 atom stereocenters. The van der Waals surface area contributed by atoms with Crippen molar-refractivity contribution >= 4 is 5.69 Å². The molecule has 0 bridgehead atoms. The van der Waals surface area contributed by atoms with Gasteiger partial charge in [-0.3, -0.25) is 0 Å². The summed E-state index contributed by atoms with van der Waals surface area (Å²) in [5.74, 6) is 0.873. The zero-order valence-electron chi connectivity index (χ0n) is 11.9. The molecule has 106 valence electrons. The molecule has 0 unspecified atom stereocenters. The number of anilines is 1. The first-order chi connectivity index (χ1) is 10.4. The van der Waals surface area contributed by atoms with E-state index in [-0.39, 0.29) is 0 Å².